The molecule has 1 aliphatic rings. The standard InChI is InChI=1S/C7H15N3O2S/c8-1-5-13(12)6-4-10-3-2-9-7(10)11/h1-6,8H2,(H,9,11). The lowest BCUT2D eigenvalue weighted by Crippen LogP contribution is -2.32. The maximum Gasteiger partial charge on any atom is 0.317 e. The quantitative estimate of drug-likeness (QED) is 0.587. The predicted octanol–water partition coefficient (Wildman–Crippen LogP) is -1.28. The van der Waals surface area contributed by atoms with Crippen LogP contribution in [0.4, 0.5) is 4.79 Å². The molecule has 0 aromatic rings. The lowest BCUT2D eigenvalue weighted by molar-refractivity contribution is 0.220. The molecule has 0 radical (unpaired) electrons. The van der Waals surface area contributed by atoms with E-state index in [4.69, 9.17) is 5.73 Å². The second kappa shape index (κ2) is 5.18. The molecule has 13 heavy (non-hydrogen) atoms. The van der Waals surface area contributed by atoms with Gasteiger partial charge in [0.05, 0.1) is 0 Å². The van der Waals surface area contributed by atoms with Gasteiger partial charge in [0.25, 0.3) is 0 Å². The molecular weight excluding hydrogens is 190 g/mol. The number of hydrogen-bond donors (Lipinski definition) is 2. The van der Waals surface area contributed by atoms with Gasteiger partial charge in [0.1, 0.15) is 0 Å². The number of nitrogens with two attached hydrogens (primary N) is 1. The van der Waals surface area contributed by atoms with Gasteiger partial charge in [0.2, 0.25) is 0 Å². The Morgan fingerprint density at radius 1 is 1.54 bits per heavy atom. The van der Waals surface area contributed by atoms with E-state index in [1.54, 1.807) is 4.90 Å². The Bertz CT molecular complexity index is 210. The number of urea groups is 1. The van der Waals surface area contributed by atoms with Crippen molar-refractivity contribution in [2.75, 3.05) is 37.7 Å². The molecule has 1 saturated heterocycles. The normalized spacial score (nSPS) is 18.8. The van der Waals surface area contributed by atoms with E-state index in [1.165, 1.54) is 0 Å². The van der Waals surface area contributed by atoms with Crippen LogP contribution in [0.25, 0.3) is 0 Å². The van der Waals surface area contributed by atoms with Gasteiger partial charge in [-0.2, -0.15) is 0 Å². The van der Waals surface area contributed by atoms with Gasteiger partial charge in [0.15, 0.2) is 0 Å². The Balaban J connectivity index is 2.18. The molecule has 5 nitrogen and oxygen atoms in total. The van der Waals surface area contributed by atoms with Gasteiger partial charge in [-0.15, -0.1) is 0 Å². The Kier molecular flexibility index (Phi) is 4.17. The number of hydrogen-bond acceptors (Lipinski definition) is 3. The summed E-state index contributed by atoms with van der Waals surface area (Å²) in [5, 5.41) is 2.69. The Labute approximate surface area is 80.1 Å². The molecule has 0 bridgehead atoms. The van der Waals surface area contributed by atoms with Crippen LogP contribution in [-0.2, 0) is 10.8 Å². The molecular formula is C7H15N3O2S. The fourth-order valence-electron chi connectivity index (χ4n) is 1.17. The zero-order chi connectivity index (χ0) is 9.68. The van der Waals surface area contributed by atoms with E-state index in [-0.39, 0.29) is 6.03 Å². The van der Waals surface area contributed by atoms with E-state index >= 15 is 0 Å². The van der Waals surface area contributed by atoms with Gasteiger partial charge >= 0.3 is 6.03 Å². The lowest BCUT2D eigenvalue weighted by Gasteiger charge is -2.12. The zero-order valence-corrected chi connectivity index (χ0v) is 8.31. The number of carbonyl (C=O) groups is 1. The van der Waals surface area contributed by atoms with Crippen molar-refractivity contribution in [3.63, 3.8) is 0 Å². The fourth-order valence-corrected chi connectivity index (χ4v) is 2.06. The number of nitrogens with one attached hydrogen (secondary N) is 1. The van der Waals surface area contributed by atoms with Crippen molar-refractivity contribution in [2.45, 2.75) is 0 Å². The number of carbonyl (C=O) groups excluding carboxylic acids is 1. The second-order valence-electron chi connectivity index (χ2n) is 2.86. The molecule has 1 atom stereocenters. The smallest absolute Gasteiger partial charge is 0.317 e. The molecule has 0 spiro atoms. The average molecular weight is 205 g/mol. The van der Waals surface area contributed by atoms with Gasteiger partial charge < -0.3 is 16.0 Å². The SMILES string of the molecule is NCCS(=O)CCN1CCNC1=O. The van der Waals surface area contributed by atoms with Crippen LogP contribution >= 0.6 is 0 Å². The summed E-state index contributed by atoms with van der Waals surface area (Å²) in [4.78, 5) is 12.7. The third kappa shape index (κ3) is 3.31. The van der Waals surface area contributed by atoms with Crippen molar-refractivity contribution in [2.24, 2.45) is 5.73 Å². The minimum absolute atomic E-state index is 0.0512. The summed E-state index contributed by atoms with van der Waals surface area (Å²) in [7, 11) is -0.878. The van der Waals surface area contributed by atoms with Crippen LogP contribution in [0.3, 0.4) is 0 Å². The van der Waals surface area contributed by atoms with Crippen molar-refractivity contribution in [3.05, 3.63) is 0 Å². The summed E-state index contributed by atoms with van der Waals surface area (Å²) in [5.74, 6) is 1.06. The van der Waals surface area contributed by atoms with E-state index in [9.17, 15) is 9.00 Å². The lowest BCUT2D eigenvalue weighted by atomic mass is 10.6. The molecule has 0 saturated carbocycles. The molecule has 0 aliphatic carbocycles. The Morgan fingerprint density at radius 3 is 2.85 bits per heavy atom. The highest BCUT2D eigenvalue weighted by Gasteiger charge is 2.18. The molecule has 3 N–H and O–H groups in total. The maximum absolute atomic E-state index is 11.2. The topological polar surface area (TPSA) is 75.4 Å². The first kappa shape index (κ1) is 10.5. The third-order valence-electron chi connectivity index (χ3n) is 1.88. The molecule has 1 unspecified atom stereocenters. The summed E-state index contributed by atoms with van der Waals surface area (Å²) in [6, 6.07) is -0.0512. The predicted molar refractivity (Wildman–Crippen MR) is 51.9 cm³/mol. The van der Waals surface area contributed by atoms with Gasteiger partial charge in [0, 0.05) is 48.5 Å². The third-order valence-corrected chi connectivity index (χ3v) is 3.21. The minimum atomic E-state index is -0.878. The van der Waals surface area contributed by atoms with E-state index in [0.717, 1.165) is 6.54 Å². The highest BCUT2D eigenvalue weighted by atomic mass is 32.2. The van der Waals surface area contributed by atoms with Crippen LogP contribution in [-0.4, -0.2) is 52.8 Å². The number of rotatable bonds is 5. The Morgan fingerprint density at radius 2 is 2.31 bits per heavy atom. The zero-order valence-electron chi connectivity index (χ0n) is 7.49. The summed E-state index contributed by atoms with van der Waals surface area (Å²) in [6.45, 7) is 2.43. The molecule has 1 heterocycles. The van der Waals surface area contributed by atoms with Crippen LogP contribution in [0.1, 0.15) is 0 Å². The largest absolute Gasteiger partial charge is 0.336 e. The van der Waals surface area contributed by atoms with Gasteiger partial charge in [-0.25, -0.2) is 4.79 Å². The highest BCUT2D eigenvalue weighted by Crippen LogP contribution is 1.96. The summed E-state index contributed by atoms with van der Waals surface area (Å²) in [6.07, 6.45) is 0. The molecule has 2 amide bonds. The highest BCUT2D eigenvalue weighted by molar-refractivity contribution is 7.85. The summed E-state index contributed by atoms with van der Waals surface area (Å²) >= 11 is 0. The molecule has 0 aromatic carbocycles. The molecule has 76 valence electrons. The van der Waals surface area contributed by atoms with E-state index in [1.807, 2.05) is 0 Å². The second-order valence-corrected chi connectivity index (χ2v) is 4.55. The van der Waals surface area contributed by atoms with Crippen LogP contribution in [0.2, 0.25) is 0 Å². The Hall–Kier alpha value is -0.620. The van der Waals surface area contributed by atoms with Crippen molar-refractivity contribution >= 4 is 16.8 Å². The van der Waals surface area contributed by atoms with Crippen molar-refractivity contribution < 1.29 is 9.00 Å². The van der Waals surface area contributed by atoms with Gasteiger partial charge in [-0.3, -0.25) is 4.21 Å². The molecule has 1 rings (SSSR count). The summed E-state index contributed by atoms with van der Waals surface area (Å²) in [5.41, 5.74) is 5.25. The van der Waals surface area contributed by atoms with Gasteiger partial charge in [-0.1, -0.05) is 0 Å². The van der Waals surface area contributed by atoms with Crippen LogP contribution in [0, 0.1) is 0 Å². The first-order chi connectivity index (χ1) is 6.24. The van der Waals surface area contributed by atoms with E-state index in [2.05, 4.69) is 5.32 Å². The molecule has 1 fully saturated rings. The molecule has 1 aliphatic heterocycles. The number of nitrogens with zero attached hydrogens (tertiary/aromatic N) is 1. The minimum Gasteiger partial charge on any atom is -0.336 e. The van der Waals surface area contributed by atoms with Crippen molar-refractivity contribution in [3.8, 4) is 0 Å². The molecule has 0 aromatic heterocycles. The number of amides is 2. The van der Waals surface area contributed by atoms with Crippen LogP contribution < -0.4 is 11.1 Å². The van der Waals surface area contributed by atoms with Crippen molar-refractivity contribution in [1.29, 1.82) is 0 Å². The fraction of sp³-hybridized carbons (Fsp3) is 0.857. The van der Waals surface area contributed by atoms with E-state index < -0.39 is 10.8 Å². The summed E-state index contributed by atoms with van der Waals surface area (Å²) < 4.78 is 11.2. The van der Waals surface area contributed by atoms with Crippen LogP contribution in [0.5, 0.6) is 0 Å². The first-order valence-corrected chi connectivity index (χ1v) is 5.80. The molecule has 6 heteroatoms. The maximum atomic E-state index is 11.2. The van der Waals surface area contributed by atoms with Crippen molar-refractivity contribution in [1.82, 2.24) is 10.2 Å². The van der Waals surface area contributed by atoms with Crippen LogP contribution in [0.15, 0.2) is 0 Å². The first-order valence-electron chi connectivity index (χ1n) is 4.32. The van der Waals surface area contributed by atoms with Gasteiger partial charge in [-0.05, 0) is 0 Å². The average Bonchev–Trinajstić information content (AvgIpc) is 2.48. The van der Waals surface area contributed by atoms with E-state index in [0.29, 0.717) is 31.1 Å². The monoisotopic (exact) mass is 205 g/mol.